The van der Waals surface area contributed by atoms with Gasteiger partial charge in [0.1, 0.15) is 11.6 Å². The van der Waals surface area contributed by atoms with E-state index in [2.05, 4.69) is 22.5 Å². The van der Waals surface area contributed by atoms with Crippen molar-refractivity contribution in [2.24, 2.45) is 13.0 Å². The van der Waals surface area contributed by atoms with Crippen LogP contribution in [0, 0.1) is 12.8 Å². The minimum atomic E-state index is 0.00752. The zero-order valence-corrected chi connectivity index (χ0v) is 15.8. The number of anilines is 1. The first kappa shape index (κ1) is 17.3. The van der Waals surface area contributed by atoms with Gasteiger partial charge in [-0.1, -0.05) is 48.5 Å². The number of nitrogens with one attached hydrogen (secondary N) is 1. The van der Waals surface area contributed by atoms with E-state index in [0.29, 0.717) is 11.7 Å². The molecule has 1 N–H and O–H groups in total. The molecule has 1 aromatic heterocycles. The fourth-order valence-corrected chi connectivity index (χ4v) is 3.74. The van der Waals surface area contributed by atoms with E-state index in [4.69, 9.17) is 4.74 Å². The van der Waals surface area contributed by atoms with Crippen LogP contribution in [0.5, 0.6) is 5.75 Å². The van der Waals surface area contributed by atoms with Crippen molar-refractivity contribution in [1.82, 2.24) is 9.78 Å². The summed E-state index contributed by atoms with van der Waals surface area (Å²) in [5.41, 5.74) is 3.91. The summed E-state index contributed by atoms with van der Waals surface area (Å²) in [5.74, 6) is 1.82. The molecule has 0 spiro atoms. The smallest absolute Gasteiger partial charge is 0.229 e. The summed E-state index contributed by atoms with van der Waals surface area (Å²) in [5, 5.41) is 7.64. The Hall–Kier alpha value is -3.08. The fraction of sp³-hybridized carbons (Fsp3) is 0.273. The molecule has 1 amide bonds. The SMILES string of the molecule is COc1ccccc1-c1c(C)nn(C)c1NC(=O)[C@@H]1C[C@H]1c1ccccc1. The van der Waals surface area contributed by atoms with E-state index < -0.39 is 0 Å². The highest BCUT2D eigenvalue weighted by molar-refractivity contribution is 5.98. The molecule has 1 fully saturated rings. The van der Waals surface area contributed by atoms with Crippen molar-refractivity contribution in [3.63, 3.8) is 0 Å². The highest BCUT2D eigenvalue weighted by atomic mass is 16.5. The van der Waals surface area contributed by atoms with Gasteiger partial charge in [0.25, 0.3) is 0 Å². The van der Waals surface area contributed by atoms with Crippen molar-refractivity contribution < 1.29 is 9.53 Å². The largest absolute Gasteiger partial charge is 0.496 e. The van der Waals surface area contributed by atoms with Gasteiger partial charge >= 0.3 is 0 Å². The van der Waals surface area contributed by atoms with Crippen LogP contribution in [-0.4, -0.2) is 22.8 Å². The summed E-state index contributed by atoms with van der Waals surface area (Å²) in [6, 6.07) is 18.0. The maximum atomic E-state index is 12.9. The Kier molecular flexibility index (Phi) is 4.44. The van der Waals surface area contributed by atoms with Gasteiger partial charge in [-0.3, -0.25) is 9.48 Å². The van der Waals surface area contributed by atoms with E-state index >= 15 is 0 Å². The average molecular weight is 361 g/mol. The normalized spacial score (nSPS) is 18.2. The van der Waals surface area contributed by atoms with Crippen LogP contribution < -0.4 is 10.1 Å². The number of carbonyl (C=O) groups excluding carboxylic acids is 1. The van der Waals surface area contributed by atoms with Crippen LogP contribution in [0.4, 0.5) is 5.82 Å². The monoisotopic (exact) mass is 361 g/mol. The first-order chi connectivity index (χ1) is 13.1. The van der Waals surface area contributed by atoms with Gasteiger partial charge in [0.2, 0.25) is 5.91 Å². The second-order valence-corrected chi connectivity index (χ2v) is 6.98. The van der Waals surface area contributed by atoms with Crippen LogP contribution in [0.3, 0.4) is 0 Å². The molecular formula is C22H23N3O2. The molecule has 138 valence electrons. The van der Waals surface area contributed by atoms with Gasteiger partial charge in [0, 0.05) is 18.5 Å². The van der Waals surface area contributed by atoms with Crippen molar-refractivity contribution in [2.75, 3.05) is 12.4 Å². The first-order valence-corrected chi connectivity index (χ1v) is 9.13. The molecule has 5 heteroatoms. The Bertz CT molecular complexity index is 978. The van der Waals surface area contributed by atoms with Crippen molar-refractivity contribution in [2.45, 2.75) is 19.3 Å². The van der Waals surface area contributed by atoms with E-state index in [0.717, 1.165) is 29.0 Å². The maximum Gasteiger partial charge on any atom is 0.229 e. The quantitative estimate of drug-likeness (QED) is 0.743. The molecule has 2 aromatic carbocycles. The molecule has 5 nitrogen and oxygen atoms in total. The predicted octanol–water partition coefficient (Wildman–Crippen LogP) is 4.15. The molecule has 1 aliphatic carbocycles. The van der Waals surface area contributed by atoms with Gasteiger partial charge in [-0.2, -0.15) is 5.10 Å². The number of para-hydroxylation sites is 1. The Labute approximate surface area is 159 Å². The van der Waals surface area contributed by atoms with Crippen molar-refractivity contribution >= 4 is 11.7 Å². The average Bonchev–Trinajstić information content (AvgIpc) is 3.44. The fourth-order valence-electron chi connectivity index (χ4n) is 3.74. The number of methoxy groups -OCH3 is 1. The van der Waals surface area contributed by atoms with Crippen LogP contribution in [0.1, 0.15) is 23.6 Å². The molecule has 0 aliphatic heterocycles. The lowest BCUT2D eigenvalue weighted by molar-refractivity contribution is -0.117. The van der Waals surface area contributed by atoms with E-state index in [1.54, 1.807) is 11.8 Å². The first-order valence-electron chi connectivity index (χ1n) is 9.13. The molecule has 1 aliphatic rings. The summed E-state index contributed by atoms with van der Waals surface area (Å²) in [4.78, 5) is 12.9. The number of hydrogen-bond acceptors (Lipinski definition) is 3. The lowest BCUT2D eigenvalue weighted by Gasteiger charge is -2.12. The summed E-state index contributed by atoms with van der Waals surface area (Å²) in [7, 11) is 3.50. The van der Waals surface area contributed by atoms with Crippen LogP contribution in [0.25, 0.3) is 11.1 Å². The number of aromatic nitrogens is 2. The second kappa shape index (κ2) is 6.91. The minimum absolute atomic E-state index is 0.00752. The molecule has 0 saturated heterocycles. The number of rotatable bonds is 5. The van der Waals surface area contributed by atoms with Gasteiger partial charge < -0.3 is 10.1 Å². The van der Waals surface area contributed by atoms with E-state index in [9.17, 15) is 4.79 Å². The van der Waals surface area contributed by atoms with E-state index in [1.807, 2.05) is 56.4 Å². The summed E-state index contributed by atoms with van der Waals surface area (Å²) < 4.78 is 7.24. The summed E-state index contributed by atoms with van der Waals surface area (Å²) in [6.07, 6.45) is 0.886. The number of carbonyl (C=O) groups is 1. The van der Waals surface area contributed by atoms with Gasteiger partial charge in [-0.05, 0) is 30.9 Å². The number of nitrogens with zero attached hydrogens (tertiary/aromatic N) is 2. The van der Waals surface area contributed by atoms with E-state index in [-0.39, 0.29) is 11.8 Å². The number of amides is 1. The van der Waals surface area contributed by atoms with Crippen molar-refractivity contribution in [3.05, 3.63) is 65.9 Å². The molecule has 1 heterocycles. The molecule has 0 radical (unpaired) electrons. The maximum absolute atomic E-state index is 12.9. The molecule has 27 heavy (non-hydrogen) atoms. The number of hydrogen-bond donors (Lipinski definition) is 1. The zero-order valence-electron chi connectivity index (χ0n) is 15.8. The number of ether oxygens (including phenoxy) is 1. The Morgan fingerprint density at radius 2 is 1.85 bits per heavy atom. The Morgan fingerprint density at radius 1 is 1.15 bits per heavy atom. The highest BCUT2D eigenvalue weighted by Crippen LogP contribution is 2.48. The second-order valence-electron chi connectivity index (χ2n) is 6.98. The minimum Gasteiger partial charge on any atom is -0.496 e. The van der Waals surface area contributed by atoms with Crippen LogP contribution in [0.15, 0.2) is 54.6 Å². The van der Waals surface area contributed by atoms with Crippen molar-refractivity contribution in [1.29, 1.82) is 0 Å². The van der Waals surface area contributed by atoms with Crippen LogP contribution in [0.2, 0.25) is 0 Å². The van der Waals surface area contributed by atoms with Crippen LogP contribution >= 0.6 is 0 Å². The lowest BCUT2D eigenvalue weighted by atomic mass is 10.0. The molecule has 0 unspecified atom stereocenters. The third-order valence-corrected chi connectivity index (χ3v) is 5.20. The summed E-state index contributed by atoms with van der Waals surface area (Å²) >= 11 is 0. The molecule has 4 rings (SSSR count). The Balaban J connectivity index is 1.61. The van der Waals surface area contributed by atoms with Gasteiger partial charge in [-0.15, -0.1) is 0 Å². The van der Waals surface area contributed by atoms with Gasteiger partial charge in [-0.25, -0.2) is 0 Å². The standard InChI is InChI=1S/C22H23N3O2/c1-14-20(16-11-7-8-12-19(16)27-3)21(25(2)24-14)23-22(26)18-13-17(18)15-9-5-4-6-10-15/h4-12,17-18H,13H2,1-3H3,(H,23,26)/t17-,18+/m0/s1. The molecule has 1 saturated carbocycles. The predicted molar refractivity (Wildman–Crippen MR) is 106 cm³/mol. The summed E-state index contributed by atoms with van der Waals surface area (Å²) in [6.45, 7) is 1.95. The third kappa shape index (κ3) is 3.21. The van der Waals surface area contributed by atoms with Crippen LogP contribution in [-0.2, 0) is 11.8 Å². The molecule has 3 aromatic rings. The van der Waals surface area contributed by atoms with Gasteiger partial charge in [0.15, 0.2) is 0 Å². The zero-order chi connectivity index (χ0) is 19.0. The molecule has 0 bridgehead atoms. The topological polar surface area (TPSA) is 56.1 Å². The Morgan fingerprint density at radius 3 is 2.59 bits per heavy atom. The number of aryl methyl sites for hydroxylation is 2. The van der Waals surface area contributed by atoms with Crippen molar-refractivity contribution in [3.8, 4) is 16.9 Å². The molecule has 2 atom stereocenters. The number of benzene rings is 2. The molecular weight excluding hydrogens is 338 g/mol. The highest BCUT2D eigenvalue weighted by Gasteiger charge is 2.44. The lowest BCUT2D eigenvalue weighted by Crippen LogP contribution is -2.17. The van der Waals surface area contributed by atoms with E-state index in [1.165, 1.54) is 5.56 Å². The third-order valence-electron chi connectivity index (χ3n) is 5.20. The van der Waals surface area contributed by atoms with Gasteiger partial charge in [0.05, 0.1) is 18.4 Å².